The third-order valence-corrected chi connectivity index (χ3v) is 4.25. The first-order valence-electron chi connectivity index (χ1n) is 6.11. The quantitative estimate of drug-likeness (QED) is 0.848. The number of fused-ring (bicyclic) bond motifs is 1. The molecule has 0 saturated heterocycles. The highest BCUT2D eigenvalue weighted by Crippen LogP contribution is 2.37. The number of thioether (sulfide) groups is 1. The third-order valence-electron chi connectivity index (χ3n) is 2.89. The molecule has 1 aromatic rings. The zero-order chi connectivity index (χ0) is 12.5. The maximum Gasteiger partial charge on any atom is 0.0410 e. The summed E-state index contributed by atoms with van der Waals surface area (Å²) in [5, 5.41) is 4.51. The maximum atomic E-state index is 6.09. The summed E-state index contributed by atoms with van der Waals surface area (Å²) in [6.45, 7) is 7.82. The molecule has 1 aliphatic rings. The normalized spacial score (nSPS) is 20.1. The zero-order valence-electron chi connectivity index (χ0n) is 10.7. The van der Waals surface area contributed by atoms with Crippen molar-refractivity contribution in [2.24, 2.45) is 5.41 Å². The summed E-state index contributed by atoms with van der Waals surface area (Å²) in [7, 11) is 0. The maximum absolute atomic E-state index is 6.09. The molecular weight excluding hydrogens is 250 g/mol. The molecule has 1 N–H and O–H groups in total. The SMILES string of the molecule is CC(C)(C)CNC1CCSc2ccc(Cl)cc21. The standard InChI is InChI=1S/C14H20ClNS/c1-14(2,3)9-16-12-6-7-17-13-5-4-10(15)8-11(12)13/h4-5,8,12,16H,6-7,9H2,1-3H3. The number of hydrogen-bond acceptors (Lipinski definition) is 2. The first-order valence-corrected chi connectivity index (χ1v) is 7.48. The van der Waals surface area contributed by atoms with Gasteiger partial charge in [0.05, 0.1) is 0 Å². The van der Waals surface area contributed by atoms with E-state index in [9.17, 15) is 0 Å². The Labute approximate surface area is 113 Å². The first-order chi connectivity index (χ1) is 7.96. The molecule has 0 radical (unpaired) electrons. The van der Waals surface area contributed by atoms with Crippen molar-refractivity contribution in [3.63, 3.8) is 0 Å². The lowest BCUT2D eigenvalue weighted by Crippen LogP contribution is -2.32. The van der Waals surface area contributed by atoms with Gasteiger partial charge in [-0.3, -0.25) is 0 Å². The molecule has 0 bridgehead atoms. The molecule has 1 atom stereocenters. The summed E-state index contributed by atoms with van der Waals surface area (Å²) in [6, 6.07) is 6.71. The van der Waals surface area contributed by atoms with Crippen LogP contribution in [0.25, 0.3) is 0 Å². The van der Waals surface area contributed by atoms with Gasteiger partial charge in [0.25, 0.3) is 0 Å². The van der Waals surface area contributed by atoms with E-state index in [-0.39, 0.29) is 0 Å². The van der Waals surface area contributed by atoms with Gasteiger partial charge < -0.3 is 5.32 Å². The highest BCUT2D eigenvalue weighted by Gasteiger charge is 2.22. The largest absolute Gasteiger partial charge is 0.309 e. The number of benzene rings is 1. The van der Waals surface area contributed by atoms with Crippen LogP contribution in [0, 0.1) is 5.41 Å². The van der Waals surface area contributed by atoms with E-state index in [0.29, 0.717) is 11.5 Å². The van der Waals surface area contributed by atoms with Crippen LogP contribution in [-0.2, 0) is 0 Å². The minimum absolute atomic E-state index is 0.323. The average molecular weight is 270 g/mol. The molecule has 1 aliphatic heterocycles. The van der Waals surface area contributed by atoms with Gasteiger partial charge in [-0.15, -0.1) is 11.8 Å². The summed E-state index contributed by atoms with van der Waals surface area (Å²) in [5.74, 6) is 1.19. The first kappa shape index (κ1) is 13.3. The number of hydrogen-bond donors (Lipinski definition) is 1. The molecule has 1 nitrogen and oxygen atoms in total. The molecule has 94 valence electrons. The van der Waals surface area contributed by atoms with Crippen molar-refractivity contribution in [3.05, 3.63) is 28.8 Å². The van der Waals surface area contributed by atoms with Crippen LogP contribution in [0.15, 0.2) is 23.1 Å². The van der Waals surface area contributed by atoms with E-state index in [1.807, 2.05) is 17.8 Å². The minimum atomic E-state index is 0.323. The average Bonchev–Trinajstić information content (AvgIpc) is 2.25. The fourth-order valence-corrected chi connectivity index (χ4v) is 3.29. The van der Waals surface area contributed by atoms with Gasteiger partial charge in [0.15, 0.2) is 0 Å². The zero-order valence-corrected chi connectivity index (χ0v) is 12.3. The van der Waals surface area contributed by atoms with Crippen LogP contribution < -0.4 is 5.32 Å². The second-order valence-electron chi connectivity index (χ2n) is 5.81. The van der Waals surface area contributed by atoms with Gasteiger partial charge in [0.2, 0.25) is 0 Å². The Balaban J connectivity index is 2.14. The third kappa shape index (κ3) is 3.64. The minimum Gasteiger partial charge on any atom is -0.309 e. The van der Waals surface area contributed by atoms with Crippen LogP contribution in [0.2, 0.25) is 5.02 Å². The number of halogens is 1. The second kappa shape index (κ2) is 5.21. The van der Waals surface area contributed by atoms with E-state index in [1.54, 1.807) is 0 Å². The summed E-state index contributed by atoms with van der Waals surface area (Å²) in [5.41, 5.74) is 1.70. The summed E-state index contributed by atoms with van der Waals surface area (Å²) in [4.78, 5) is 1.38. The molecule has 0 aliphatic carbocycles. The molecule has 3 heteroatoms. The number of rotatable bonds is 2. The lowest BCUT2D eigenvalue weighted by molar-refractivity contribution is 0.347. The van der Waals surface area contributed by atoms with Crippen molar-refractivity contribution >= 4 is 23.4 Å². The van der Waals surface area contributed by atoms with Crippen LogP contribution in [-0.4, -0.2) is 12.3 Å². The smallest absolute Gasteiger partial charge is 0.0410 e. The predicted octanol–water partition coefficient (Wildman–Crippen LogP) is 4.51. The molecule has 1 heterocycles. The van der Waals surface area contributed by atoms with E-state index in [1.165, 1.54) is 22.6 Å². The Morgan fingerprint density at radius 3 is 2.88 bits per heavy atom. The Bertz CT molecular complexity index is 398. The second-order valence-corrected chi connectivity index (χ2v) is 7.39. The van der Waals surface area contributed by atoms with Crippen molar-refractivity contribution in [1.82, 2.24) is 5.32 Å². The fraction of sp³-hybridized carbons (Fsp3) is 0.571. The van der Waals surface area contributed by atoms with E-state index in [2.05, 4.69) is 38.2 Å². The number of nitrogens with one attached hydrogen (secondary N) is 1. The molecule has 0 amide bonds. The van der Waals surface area contributed by atoms with Gasteiger partial charge in [-0.05, 0) is 41.4 Å². The van der Waals surface area contributed by atoms with E-state index < -0.39 is 0 Å². The van der Waals surface area contributed by atoms with Gasteiger partial charge in [0.1, 0.15) is 0 Å². The summed E-state index contributed by atoms with van der Waals surface area (Å²) < 4.78 is 0. The molecule has 0 saturated carbocycles. The van der Waals surface area contributed by atoms with E-state index in [4.69, 9.17) is 11.6 Å². The van der Waals surface area contributed by atoms with Crippen LogP contribution in [0.1, 0.15) is 38.8 Å². The Kier molecular flexibility index (Phi) is 4.06. The van der Waals surface area contributed by atoms with Gasteiger partial charge in [-0.25, -0.2) is 0 Å². The lowest BCUT2D eigenvalue weighted by atomic mass is 9.95. The van der Waals surface area contributed by atoms with E-state index in [0.717, 1.165) is 11.6 Å². The fourth-order valence-electron chi connectivity index (χ4n) is 2.01. The highest BCUT2D eigenvalue weighted by molar-refractivity contribution is 7.99. The van der Waals surface area contributed by atoms with Crippen LogP contribution >= 0.6 is 23.4 Å². The molecule has 0 fully saturated rings. The van der Waals surface area contributed by atoms with Crippen molar-refractivity contribution in [2.45, 2.75) is 38.1 Å². The summed E-state index contributed by atoms with van der Waals surface area (Å²) >= 11 is 8.03. The van der Waals surface area contributed by atoms with Crippen molar-refractivity contribution in [2.75, 3.05) is 12.3 Å². The van der Waals surface area contributed by atoms with Crippen LogP contribution in [0.3, 0.4) is 0 Å². The van der Waals surface area contributed by atoms with Crippen LogP contribution in [0.5, 0.6) is 0 Å². The van der Waals surface area contributed by atoms with Gasteiger partial charge in [0, 0.05) is 22.5 Å². The lowest BCUT2D eigenvalue weighted by Gasteiger charge is -2.29. The Morgan fingerprint density at radius 2 is 2.18 bits per heavy atom. The van der Waals surface area contributed by atoms with Crippen molar-refractivity contribution in [3.8, 4) is 0 Å². The van der Waals surface area contributed by atoms with E-state index >= 15 is 0 Å². The topological polar surface area (TPSA) is 12.0 Å². The molecule has 0 spiro atoms. The molecule has 17 heavy (non-hydrogen) atoms. The van der Waals surface area contributed by atoms with Gasteiger partial charge in [-0.1, -0.05) is 32.4 Å². The summed E-state index contributed by atoms with van der Waals surface area (Å²) in [6.07, 6.45) is 1.19. The van der Waals surface area contributed by atoms with Gasteiger partial charge >= 0.3 is 0 Å². The molecule has 1 unspecified atom stereocenters. The van der Waals surface area contributed by atoms with Crippen LogP contribution in [0.4, 0.5) is 0 Å². The molecule has 1 aromatic carbocycles. The highest BCUT2D eigenvalue weighted by atomic mass is 35.5. The predicted molar refractivity (Wildman–Crippen MR) is 77.0 cm³/mol. The van der Waals surface area contributed by atoms with Gasteiger partial charge in [-0.2, -0.15) is 0 Å². The Hall–Kier alpha value is -0.180. The van der Waals surface area contributed by atoms with Crippen molar-refractivity contribution in [1.29, 1.82) is 0 Å². The molecular formula is C14H20ClNS. The monoisotopic (exact) mass is 269 g/mol. The Morgan fingerprint density at radius 1 is 1.41 bits per heavy atom. The molecule has 2 rings (SSSR count). The van der Waals surface area contributed by atoms with Crippen molar-refractivity contribution < 1.29 is 0 Å². The molecule has 0 aromatic heterocycles.